The summed E-state index contributed by atoms with van der Waals surface area (Å²) >= 11 is 5.96. The molecular formula is C15H15ClN2O3S. The first-order valence-corrected chi connectivity index (χ1v) is 8.41. The van der Waals surface area contributed by atoms with E-state index in [1.165, 1.54) is 18.3 Å². The van der Waals surface area contributed by atoms with E-state index in [1.54, 1.807) is 36.4 Å². The summed E-state index contributed by atoms with van der Waals surface area (Å²) in [5.41, 5.74) is 0.624. The van der Waals surface area contributed by atoms with Gasteiger partial charge in [0.2, 0.25) is 0 Å². The molecular weight excluding hydrogens is 324 g/mol. The molecule has 0 radical (unpaired) electrons. The molecule has 0 heterocycles. The van der Waals surface area contributed by atoms with E-state index in [0.29, 0.717) is 22.9 Å². The van der Waals surface area contributed by atoms with E-state index in [0.717, 1.165) is 0 Å². The Hall–Kier alpha value is -2.05. The number of ether oxygens (including phenoxy) is 1. The molecule has 2 rings (SSSR count). The number of rotatable bonds is 6. The molecule has 0 aliphatic heterocycles. The Kier molecular flexibility index (Phi) is 5.41. The van der Waals surface area contributed by atoms with Crippen molar-refractivity contribution >= 4 is 27.8 Å². The van der Waals surface area contributed by atoms with Crippen LogP contribution < -0.4 is 9.57 Å². The van der Waals surface area contributed by atoms with Crippen molar-refractivity contribution in [2.45, 2.75) is 11.8 Å². The van der Waals surface area contributed by atoms with E-state index in [-0.39, 0.29) is 4.90 Å². The molecule has 116 valence electrons. The lowest BCUT2D eigenvalue weighted by atomic mass is 10.2. The lowest BCUT2D eigenvalue weighted by Gasteiger charge is -2.05. The summed E-state index contributed by atoms with van der Waals surface area (Å²) in [6, 6.07) is 13.1. The second kappa shape index (κ2) is 7.29. The number of halogens is 1. The van der Waals surface area contributed by atoms with E-state index >= 15 is 0 Å². The van der Waals surface area contributed by atoms with Crippen molar-refractivity contribution in [3.8, 4) is 5.75 Å². The summed E-state index contributed by atoms with van der Waals surface area (Å²) in [6.45, 7) is 2.38. The fourth-order valence-electron chi connectivity index (χ4n) is 1.68. The molecule has 2 aromatic rings. The van der Waals surface area contributed by atoms with Crippen LogP contribution in [0.3, 0.4) is 0 Å². The van der Waals surface area contributed by atoms with Gasteiger partial charge in [-0.15, -0.1) is 0 Å². The zero-order valence-corrected chi connectivity index (χ0v) is 13.4. The Labute approximate surface area is 134 Å². The minimum Gasteiger partial charge on any atom is -0.494 e. The maximum Gasteiger partial charge on any atom is 0.276 e. The molecule has 0 unspecified atom stereocenters. The van der Waals surface area contributed by atoms with E-state index < -0.39 is 10.0 Å². The lowest BCUT2D eigenvalue weighted by Crippen LogP contribution is -2.18. The van der Waals surface area contributed by atoms with Crippen molar-refractivity contribution in [1.82, 2.24) is 4.83 Å². The average Bonchev–Trinajstić information content (AvgIpc) is 2.50. The Morgan fingerprint density at radius 1 is 1.18 bits per heavy atom. The second-order valence-corrected chi connectivity index (χ2v) is 6.35. The van der Waals surface area contributed by atoms with Crippen LogP contribution in [0.25, 0.3) is 0 Å². The van der Waals surface area contributed by atoms with Gasteiger partial charge in [-0.3, -0.25) is 0 Å². The van der Waals surface area contributed by atoms with Gasteiger partial charge >= 0.3 is 0 Å². The smallest absolute Gasteiger partial charge is 0.276 e. The topological polar surface area (TPSA) is 67.8 Å². The van der Waals surface area contributed by atoms with Crippen molar-refractivity contribution in [3.63, 3.8) is 0 Å². The summed E-state index contributed by atoms with van der Waals surface area (Å²) in [7, 11) is -3.72. The first-order chi connectivity index (χ1) is 10.5. The molecule has 0 fully saturated rings. The van der Waals surface area contributed by atoms with Gasteiger partial charge in [-0.1, -0.05) is 29.8 Å². The fourth-order valence-corrected chi connectivity index (χ4v) is 2.66. The van der Waals surface area contributed by atoms with Crippen molar-refractivity contribution in [3.05, 3.63) is 59.1 Å². The normalized spacial score (nSPS) is 11.5. The third-order valence-electron chi connectivity index (χ3n) is 2.73. The number of hydrazone groups is 1. The molecule has 0 aromatic heterocycles. The van der Waals surface area contributed by atoms with Crippen LogP contribution >= 0.6 is 11.6 Å². The van der Waals surface area contributed by atoms with E-state index in [2.05, 4.69) is 9.93 Å². The summed E-state index contributed by atoms with van der Waals surface area (Å²) in [4.78, 5) is 2.25. The molecule has 0 aliphatic carbocycles. The zero-order chi connectivity index (χ0) is 16.0. The van der Waals surface area contributed by atoms with Crippen molar-refractivity contribution in [2.24, 2.45) is 5.10 Å². The maximum absolute atomic E-state index is 12.1. The number of benzene rings is 2. The van der Waals surface area contributed by atoms with Crippen molar-refractivity contribution in [1.29, 1.82) is 0 Å². The van der Waals surface area contributed by atoms with Gasteiger partial charge in [-0.2, -0.15) is 13.5 Å². The number of nitrogens with zero attached hydrogens (tertiary/aromatic N) is 1. The summed E-state index contributed by atoms with van der Waals surface area (Å²) in [5.74, 6) is 0.612. The summed E-state index contributed by atoms with van der Waals surface area (Å²) < 4.78 is 29.4. The second-order valence-electron chi connectivity index (χ2n) is 4.28. The van der Waals surface area contributed by atoms with Crippen molar-refractivity contribution < 1.29 is 13.2 Å². The lowest BCUT2D eigenvalue weighted by molar-refractivity contribution is 0.340. The van der Waals surface area contributed by atoms with Crippen LogP contribution in [0.4, 0.5) is 0 Å². The van der Waals surface area contributed by atoms with Gasteiger partial charge in [-0.05, 0) is 37.3 Å². The average molecular weight is 339 g/mol. The van der Waals surface area contributed by atoms with Gasteiger partial charge in [0.05, 0.1) is 17.7 Å². The van der Waals surface area contributed by atoms with E-state index in [4.69, 9.17) is 16.3 Å². The SMILES string of the molecule is CCOc1ccc(S(=O)(=O)N/N=C/c2ccccc2Cl)cc1. The highest BCUT2D eigenvalue weighted by atomic mass is 35.5. The molecule has 0 spiro atoms. The molecule has 0 saturated heterocycles. The summed E-state index contributed by atoms with van der Waals surface area (Å²) in [5, 5.41) is 4.22. The van der Waals surface area contributed by atoms with Gasteiger partial charge in [-0.25, -0.2) is 4.83 Å². The maximum atomic E-state index is 12.1. The number of hydrogen-bond donors (Lipinski definition) is 1. The van der Waals surface area contributed by atoms with Gasteiger partial charge in [0.1, 0.15) is 5.75 Å². The van der Waals surface area contributed by atoms with E-state index in [1.807, 2.05) is 6.92 Å². The molecule has 0 aliphatic rings. The largest absolute Gasteiger partial charge is 0.494 e. The number of nitrogens with one attached hydrogen (secondary N) is 1. The first kappa shape index (κ1) is 16.3. The number of sulfonamides is 1. The minimum atomic E-state index is -3.72. The molecule has 0 saturated carbocycles. The third-order valence-corrected chi connectivity index (χ3v) is 4.31. The molecule has 0 bridgehead atoms. The molecule has 2 aromatic carbocycles. The molecule has 0 atom stereocenters. The van der Waals surface area contributed by atoms with Gasteiger partial charge < -0.3 is 4.74 Å². The van der Waals surface area contributed by atoms with Crippen molar-refractivity contribution in [2.75, 3.05) is 6.61 Å². The molecule has 7 heteroatoms. The highest BCUT2D eigenvalue weighted by Crippen LogP contribution is 2.16. The molecule has 22 heavy (non-hydrogen) atoms. The van der Waals surface area contributed by atoms with Gasteiger partial charge in [0, 0.05) is 10.6 Å². The molecule has 0 amide bonds. The highest BCUT2D eigenvalue weighted by molar-refractivity contribution is 7.89. The zero-order valence-electron chi connectivity index (χ0n) is 11.9. The van der Waals surface area contributed by atoms with Gasteiger partial charge in [0.25, 0.3) is 10.0 Å². The van der Waals surface area contributed by atoms with Gasteiger partial charge in [0.15, 0.2) is 0 Å². The van der Waals surface area contributed by atoms with Crippen LogP contribution in [0.1, 0.15) is 12.5 Å². The first-order valence-electron chi connectivity index (χ1n) is 6.55. The summed E-state index contributed by atoms with van der Waals surface area (Å²) in [6.07, 6.45) is 1.36. The molecule has 1 N–H and O–H groups in total. The van der Waals surface area contributed by atoms with Crippen LogP contribution in [0.15, 0.2) is 58.5 Å². The standard InChI is InChI=1S/C15H15ClN2O3S/c1-2-21-13-7-9-14(10-8-13)22(19,20)18-17-11-12-5-3-4-6-15(12)16/h3-11,18H,2H2,1H3/b17-11+. The third kappa shape index (κ3) is 4.22. The Balaban J connectivity index is 2.09. The Morgan fingerprint density at radius 2 is 1.86 bits per heavy atom. The van der Waals surface area contributed by atoms with Crippen LogP contribution in [-0.2, 0) is 10.0 Å². The van der Waals surface area contributed by atoms with E-state index in [9.17, 15) is 8.42 Å². The number of hydrogen-bond acceptors (Lipinski definition) is 4. The Morgan fingerprint density at radius 3 is 2.50 bits per heavy atom. The predicted molar refractivity (Wildman–Crippen MR) is 87.0 cm³/mol. The van der Waals surface area contributed by atoms with Crippen LogP contribution in [0, 0.1) is 0 Å². The minimum absolute atomic E-state index is 0.104. The monoisotopic (exact) mass is 338 g/mol. The Bertz CT molecular complexity index is 759. The molecule has 5 nitrogen and oxygen atoms in total. The van der Waals surface area contributed by atoms with Crippen LogP contribution in [0.5, 0.6) is 5.75 Å². The van der Waals surface area contributed by atoms with Crippen LogP contribution in [-0.4, -0.2) is 21.2 Å². The fraction of sp³-hybridized carbons (Fsp3) is 0.133. The quantitative estimate of drug-likeness (QED) is 0.650. The predicted octanol–water partition coefficient (Wildman–Crippen LogP) is 3.05. The highest BCUT2D eigenvalue weighted by Gasteiger charge is 2.12. The van der Waals surface area contributed by atoms with Crippen LogP contribution in [0.2, 0.25) is 5.02 Å².